The van der Waals surface area contributed by atoms with Crippen LogP contribution in [0, 0.1) is 0 Å². The van der Waals surface area contributed by atoms with Gasteiger partial charge in [-0.1, -0.05) is 37.5 Å². The molecule has 1 aromatic carbocycles. The molecule has 3 heteroatoms. The Morgan fingerprint density at radius 2 is 1.50 bits per heavy atom. The number of hydrogen-bond donors (Lipinski definition) is 3. The summed E-state index contributed by atoms with van der Waals surface area (Å²) in [5, 5.41) is 13.8. The fourth-order valence-corrected chi connectivity index (χ4v) is 2.64. The van der Waals surface area contributed by atoms with Crippen LogP contribution in [-0.2, 0) is 0 Å². The van der Waals surface area contributed by atoms with Crippen molar-refractivity contribution in [2.75, 3.05) is 25.5 Å². The number of anilines is 1. The van der Waals surface area contributed by atoms with Crippen LogP contribution in [0.25, 0.3) is 0 Å². The number of para-hydroxylation sites is 1. The molecule has 1 aliphatic heterocycles. The Morgan fingerprint density at radius 1 is 0.900 bits per heavy atom. The molecule has 1 heterocycles. The largest absolute Gasteiger partial charge is 0.400 e. The first kappa shape index (κ1) is 17.0. The second kappa shape index (κ2) is 11.7. The monoisotopic (exact) mass is 278 g/mol. The Balaban J connectivity index is 0.000000211. The number of benzene rings is 1. The lowest BCUT2D eigenvalue weighted by Crippen LogP contribution is -2.21. The van der Waals surface area contributed by atoms with Crippen molar-refractivity contribution in [2.45, 2.75) is 51.0 Å². The lowest BCUT2D eigenvalue weighted by molar-refractivity contribution is 0.399. The fraction of sp³-hybridized carbons (Fsp3) is 0.647. The van der Waals surface area contributed by atoms with Gasteiger partial charge in [-0.05, 0) is 50.9 Å². The summed E-state index contributed by atoms with van der Waals surface area (Å²) in [4.78, 5) is 0. The number of hydrogen-bond acceptors (Lipinski definition) is 3. The van der Waals surface area contributed by atoms with Crippen molar-refractivity contribution in [3.63, 3.8) is 0 Å². The zero-order valence-corrected chi connectivity index (χ0v) is 12.8. The smallest absolute Gasteiger partial charge is 0.0342 e. The average Bonchev–Trinajstić information content (AvgIpc) is 3.06. The topological polar surface area (TPSA) is 44.3 Å². The molecule has 20 heavy (non-hydrogen) atoms. The highest BCUT2D eigenvalue weighted by Crippen LogP contribution is 2.21. The maximum absolute atomic E-state index is 7.00. The predicted molar refractivity (Wildman–Crippen MR) is 87.2 cm³/mol. The fourth-order valence-electron chi connectivity index (χ4n) is 2.64. The SMILES string of the molecule is C1CCNCC1.CO.c1ccc(NC2CCCC2)cc1. The normalized spacial score (nSPS) is 18.3. The van der Waals surface area contributed by atoms with Crippen molar-refractivity contribution in [3.05, 3.63) is 30.3 Å². The van der Waals surface area contributed by atoms with Gasteiger partial charge in [-0.3, -0.25) is 0 Å². The number of nitrogens with one attached hydrogen (secondary N) is 2. The van der Waals surface area contributed by atoms with Gasteiger partial charge in [-0.25, -0.2) is 0 Å². The molecule has 3 rings (SSSR count). The van der Waals surface area contributed by atoms with E-state index in [1.807, 2.05) is 0 Å². The quantitative estimate of drug-likeness (QED) is 0.777. The minimum absolute atomic E-state index is 0.729. The van der Waals surface area contributed by atoms with Crippen molar-refractivity contribution in [2.24, 2.45) is 0 Å². The molecule has 0 amide bonds. The van der Waals surface area contributed by atoms with Gasteiger partial charge in [0.15, 0.2) is 0 Å². The molecule has 3 nitrogen and oxygen atoms in total. The van der Waals surface area contributed by atoms with E-state index in [1.165, 1.54) is 63.7 Å². The standard InChI is InChI=1S/C11H15N.C5H11N.CH4O/c1-2-6-10(7-3-1)12-11-8-4-5-9-11;1-2-4-6-5-3-1;1-2/h1-3,6-7,11-12H,4-5,8-9H2;6H,1-5H2;2H,1H3. The Hall–Kier alpha value is -1.06. The van der Waals surface area contributed by atoms with Gasteiger partial charge in [-0.2, -0.15) is 0 Å². The molecule has 0 radical (unpaired) electrons. The van der Waals surface area contributed by atoms with Gasteiger partial charge in [0.1, 0.15) is 0 Å². The van der Waals surface area contributed by atoms with Crippen LogP contribution in [0.4, 0.5) is 5.69 Å². The van der Waals surface area contributed by atoms with Gasteiger partial charge in [0.25, 0.3) is 0 Å². The molecule has 2 aliphatic rings. The second-order valence-electron chi connectivity index (χ2n) is 5.30. The second-order valence-corrected chi connectivity index (χ2v) is 5.30. The van der Waals surface area contributed by atoms with Crippen LogP contribution in [0.1, 0.15) is 44.9 Å². The molecular weight excluding hydrogens is 248 g/mol. The number of rotatable bonds is 2. The molecule has 0 unspecified atom stereocenters. The van der Waals surface area contributed by atoms with Gasteiger partial charge in [-0.15, -0.1) is 0 Å². The van der Waals surface area contributed by atoms with Crippen LogP contribution in [0.5, 0.6) is 0 Å². The van der Waals surface area contributed by atoms with Gasteiger partial charge in [0.05, 0.1) is 0 Å². The third kappa shape index (κ3) is 7.51. The van der Waals surface area contributed by atoms with Crippen molar-refractivity contribution < 1.29 is 5.11 Å². The van der Waals surface area contributed by atoms with E-state index in [-0.39, 0.29) is 0 Å². The molecule has 3 N–H and O–H groups in total. The molecule has 114 valence electrons. The summed E-state index contributed by atoms with van der Waals surface area (Å²) in [6.07, 6.45) is 9.69. The maximum Gasteiger partial charge on any atom is 0.0342 e. The minimum atomic E-state index is 0.729. The first-order valence-corrected chi connectivity index (χ1v) is 7.92. The lowest BCUT2D eigenvalue weighted by atomic mass is 10.2. The van der Waals surface area contributed by atoms with E-state index in [9.17, 15) is 0 Å². The molecule has 2 fully saturated rings. The molecule has 1 aliphatic carbocycles. The summed E-state index contributed by atoms with van der Waals surface area (Å²) in [6, 6.07) is 11.2. The predicted octanol–water partition coefficient (Wildman–Crippen LogP) is 3.41. The Kier molecular flexibility index (Phi) is 9.98. The van der Waals surface area contributed by atoms with Crippen molar-refractivity contribution >= 4 is 5.69 Å². The van der Waals surface area contributed by atoms with Crippen molar-refractivity contribution in [3.8, 4) is 0 Å². The van der Waals surface area contributed by atoms with Crippen LogP contribution in [0.15, 0.2) is 30.3 Å². The van der Waals surface area contributed by atoms with Gasteiger partial charge < -0.3 is 15.7 Å². The first-order valence-electron chi connectivity index (χ1n) is 7.92. The summed E-state index contributed by atoms with van der Waals surface area (Å²) >= 11 is 0. The Bertz CT molecular complexity index is 295. The molecule has 1 saturated carbocycles. The van der Waals surface area contributed by atoms with Crippen LogP contribution in [-0.4, -0.2) is 31.3 Å². The zero-order chi connectivity index (χ0) is 14.5. The van der Waals surface area contributed by atoms with E-state index in [0.717, 1.165) is 13.2 Å². The Morgan fingerprint density at radius 3 is 1.95 bits per heavy atom. The van der Waals surface area contributed by atoms with Crippen LogP contribution in [0.3, 0.4) is 0 Å². The van der Waals surface area contributed by atoms with E-state index < -0.39 is 0 Å². The van der Waals surface area contributed by atoms with Gasteiger partial charge in [0.2, 0.25) is 0 Å². The zero-order valence-electron chi connectivity index (χ0n) is 12.8. The molecule has 0 spiro atoms. The van der Waals surface area contributed by atoms with Crippen molar-refractivity contribution in [1.29, 1.82) is 0 Å². The third-order valence-electron chi connectivity index (χ3n) is 3.71. The number of aliphatic hydroxyl groups excluding tert-OH is 1. The number of piperidine rings is 1. The highest BCUT2D eigenvalue weighted by atomic mass is 16.2. The van der Waals surface area contributed by atoms with Crippen LogP contribution < -0.4 is 10.6 Å². The van der Waals surface area contributed by atoms with E-state index >= 15 is 0 Å². The van der Waals surface area contributed by atoms with Gasteiger partial charge >= 0.3 is 0 Å². The van der Waals surface area contributed by atoms with E-state index in [1.54, 1.807) is 0 Å². The summed E-state index contributed by atoms with van der Waals surface area (Å²) in [5.74, 6) is 0. The van der Waals surface area contributed by atoms with Crippen LogP contribution in [0.2, 0.25) is 0 Å². The van der Waals surface area contributed by atoms with Crippen molar-refractivity contribution in [1.82, 2.24) is 5.32 Å². The highest BCUT2D eigenvalue weighted by molar-refractivity contribution is 5.43. The van der Waals surface area contributed by atoms with Crippen LogP contribution >= 0.6 is 0 Å². The first-order chi connectivity index (χ1) is 9.95. The molecule has 0 bridgehead atoms. The minimum Gasteiger partial charge on any atom is -0.400 e. The maximum atomic E-state index is 7.00. The summed E-state index contributed by atoms with van der Waals surface area (Å²) < 4.78 is 0. The lowest BCUT2D eigenvalue weighted by Gasteiger charge is -2.12. The number of aliphatic hydroxyl groups is 1. The molecule has 1 saturated heterocycles. The Labute approximate surface area is 123 Å². The average molecular weight is 278 g/mol. The highest BCUT2D eigenvalue weighted by Gasteiger charge is 2.13. The van der Waals surface area contributed by atoms with E-state index in [2.05, 4.69) is 41.0 Å². The summed E-state index contributed by atoms with van der Waals surface area (Å²) in [7, 11) is 1.00. The summed E-state index contributed by atoms with van der Waals surface area (Å²) in [5.41, 5.74) is 1.27. The van der Waals surface area contributed by atoms with Gasteiger partial charge in [0, 0.05) is 18.8 Å². The van der Waals surface area contributed by atoms with E-state index in [4.69, 9.17) is 5.11 Å². The summed E-state index contributed by atoms with van der Waals surface area (Å²) in [6.45, 7) is 2.50. The molecular formula is C17H30N2O. The molecule has 1 aromatic rings. The van der Waals surface area contributed by atoms with E-state index in [0.29, 0.717) is 0 Å². The molecule has 0 atom stereocenters. The molecule has 0 aromatic heterocycles. The third-order valence-corrected chi connectivity index (χ3v) is 3.71.